The highest BCUT2D eigenvalue weighted by Gasteiger charge is 2.41. The normalized spacial score (nSPS) is 11.9. The van der Waals surface area contributed by atoms with E-state index in [1.165, 1.54) is 0 Å². The highest BCUT2D eigenvalue weighted by Crippen LogP contribution is 2.50. The second kappa shape index (κ2) is 32.6. The molecule has 1 amide bonds. The van der Waals surface area contributed by atoms with Crippen molar-refractivity contribution in [3.8, 4) is 44.5 Å². The predicted octanol–water partition coefficient (Wildman–Crippen LogP) is 26.5. The van der Waals surface area contributed by atoms with Gasteiger partial charge >= 0.3 is 0 Å². The molecule has 6 N–H and O–H groups in total. The minimum Gasteiger partial charge on any atom is -0.367 e. The minimum atomic E-state index is -0.926. The van der Waals surface area contributed by atoms with E-state index < -0.39 is 16.6 Å². The number of nitrogens with one attached hydrogen (secondary N) is 6. The number of hydrogen-bond donors (Lipinski definition) is 6. The summed E-state index contributed by atoms with van der Waals surface area (Å²) in [4.78, 5) is 35.2. The van der Waals surface area contributed by atoms with Crippen LogP contribution in [0.2, 0.25) is 0 Å². The first kappa shape index (κ1) is 74.0. The van der Waals surface area contributed by atoms with E-state index in [1.54, 1.807) is 0 Å². The fourth-order valence-electron chi connectivity index (χ4n) is 17.5. The summed E-state index contributed by atoms with van der Waals surface area (Å²) in [6, 6.07) is 146. The van der Waals surface area contributed by atoms with E-state index >= 15 is 0 Å². The van der Waals surface area contributed by atoms with Crippen molar-refractivity contribution in [3.63, 3.8) is 0 Å². The van der Waals surface area contributed by atoms with E-state index in [1.807, 2.05) is 42.5 Å². The average molecular weight is 1550 g/mol. The fourth-order valence-corrected chi connectivity index (χ4v) is 17.7. The van der Waals surface area contributed by atoms with Gasteiger partial charge in [0.1, 0.15) is 16.6 Å². The summed E-state index contributed by atoms with van der Waals surface area (Å²) in [5.41, 5.74) is 23.7. The second-order valence-corrected chi connectivity index (χ2v) is 30.2. The second-order valence-electron chi connectivity index (χ2n) is 29.9. The summed E-state index contributed by atoms with van der Waals surface area (Å²) in [6.45, 7) is 0. The summed E-state index contributed by atoms with van der Waals surface area (Å²) in [7, 11) is 0. The lowest BCUT2D eigenvalue weighted by molar-refractivity contribution is 0.102. The molecule has 9 nitrogen and oxygen atoms in total. The fraction of sp³-hybridized carbons (Fsp3) is 0.0367. The van der Waals surface area contributed by atoms with Crippen LogP contribution in [0, 0.1) is 0 Å². The molecule has 5 heterocycles. The number of halogens is 1. The maximum atomic E-state index is 14.9. The van der Waals surface area contributed by atoms with Crippen molar-refractivity contribution in [2.45, 2.75) is 22.5 Å². The van der Waals surface area contributed by atoms with Crippen LogP contribution in [0.5, 0.6) is 0 Å². The summed E-state index contributed by atoms with van der Waals surface area (Å²) in [6.07, 6.45) is 8.57. The number of amides is 1. The number of carbonyl (C=O) groups is 1. The van der Waals surface area contributed by atoms with Gasteiger partial charge in [-0.3, -0.25) is 4.79 Å². The van der Waals surface area contributed by atoms with Crippen molar-refractivity contribution in [3.05, 3.63) is 503 Å². The van der Waals surface area contributed by atoms with Crippen LogP contribution in [0.3, 0.4) is 0 Å². The van der Waals surface area contributed by atoms with Gasteiger partial charge in [0.2, 0.25) is 0 Å². The van der Waals surface area contributed by atoms with Gasteiger partial charge in [-0.2, -0.15) is 0 Å². The Morgan fingerprint density at radius 1 is 0.261 bits per heavy atom. The van der Waals surface area contributed by atoms with Crippen LogP contribution in [0.1, 0.15) is 88.8 Å². The Morgan fingerprint density at radius 3 is 0.739 bits per heavy atom. The summed E-state index contributed by atoms with van der Waals surface area (Å²) >= 11 is 6.44. The minimum absolute atomic E-state index is 0.257. The van der Waals surface area contributed by atoms with Gasteiger partial charge in [0.25, 0.3) is 5.91 Å². The number of para-hydroxylation sites is 4. The molecule has 0 aliphatic carbocycles. The molecule has 17 aromatic rings. The number of rotatable bonds is 22. The smallest absolute Gasteiger partial charge is 0.255 e. The zero-order valence-corrected chi connectivity index (χ0v) is 65.8. The molecule has 14 aromatic carbocycles. The lowest BCUT2D eigenvalue weighted by atomic mass is 9.76. The van der Waals surface area contributed by atoms with E-state index in [0.29, 0.717) is 34.0 Å². The number of aromatic nitrogens is 4. The number of fused-ring (bicyclic) bond motifs is 8. The Labute approximate surface area is 697 Å². The van der Waals surface area contributed by atoms with Gasteiger partial charge in [0.15, 0.2) is 0 Å². The van der Waals surface area contributed by atoms with Crippen molar-refractivity contribution in [2.75, 3.05) is 21.3 Å². The zero-order valence-electron chi connectivity index (χ0n) is 65.0. The van der Waals surface area contributed by atoms with E-state index in [2.05, 4.69) is 432 Å². The molecule has 570 valence electrons. The monoisotopic (exact) mass is 1550 g/mol. The van der Waals surface area contributed by atoms with E-state index in [9.17, 15) is 4.79 Å². The number of carbonyl (C=O) groups excluding carboxylic acids is 1. The standard InChI is InChI=1S/C109H81ClN8O/c110-74-75-37-36-38-76(73-75)106(119)115-90-61-32-28-57-86(90)102-94-65-67-96(111-94)103(87-58-29-33-62-91(87)116-107(77-39-10-1-11-40-77,78-41-12-2-13-42-78)79-43-14-3-15-44-79)98-69-71-100(113-98)105(89-60-31-35-64-93(89)118-109(83-51-22-7-23-52-83,84-53-24-8-25-54-84)85-55-26-9-27-56-85)101-72-70-99(114-101)104(97-68-66-95(102)112-97)88-59-30-34-63-92(88)117-108(80-45-16-4-17-46-80,81-47-18-5-19-48-81)82-49-20-6-21-50-82/h1-73,111,114,116-118H,74H2,(H,115,119). The highest BCUT2D eigenvalue weighted by atomic mass is 35.5. The number of hydrogen-bond acceptors (Lipinski definition) is 6. The van der Waals surface area contributed by atoms with Crippen LogP contribution in [-0.2, 0) is 22.5 Å². The van der Waals surface area contributed by atoms with Gasteiger partial charge in [-0.1, -0.05) is 358 Å². The number of alkyl halides is 1. The first-order chi connectivity index (χ1) is 58.8. The van der Waals surface area contributed by atoms with Gasteiger partial charge in [-0.25, -0.2) is 9.97 Å². The van der Waals surface area contributed by atoms with E-state index in [0.717, 1.165) is 139 Å². The SMILES string of the molecule is O=C(Nc1ccccc1-c1c2nc(c(-c3ccccc3NC(c3ccccc3)(c3ccccc3)c3ccccc3)c3ccc([nH]3)c(-c3ccccc3NC(c3ccccc3)(c3ccccc3)c3ccccc3)c3nc(c(-c4ccccc4NC(c4ccccc4)(c4ccccc4)c4ccccc4)c4ccc1[nH]4)C=C3)C=C2)c1cccc(CCl)c1. The van der Waals surface area contributed by atoms with Crippen LogP contribution in [-0.4, -0.2) is 25.8 Å². The molecule has 2 aliphatic rings. The first-order valence-electron chi connectivity index (χ1n) is 40.2. The molecule has 10 heteroatoms. The van der Waals surface area contributed by atoms with Gasteiger partial charge in [-0.05, 0) is 141 Å². The molecule has 3 aromatic heterocycles. The van der Waals surface area contributed by atoms with Crippen molar-refractivity contribution in [1.82, 2.24) is 19.9 Å². The molecule has 0 fully saturated rings. The number of aromatic amines is 2. The molecule has 0 spiro atoms. The number of benzene rings is 14. The topological polar surface area (TPSA) is 123 Å². The van der Waals surface area contributed by atoms with Gasteiger partial charge in [-0.15, -0.1) is 11.6 Å². The molecule has 119 heavy (non-hydrogen) atoms. The average Bonchev–Trinajstić information content (AvgIpc) is 1.36. The first-order valence-corrected chi connectivity index (χ1v) is 40.7. The lowest BCUT2D eigenvalue weighted by Crippen LogP contribution is -2.38. The highest BCUT2D eigenvalue weighted by molar-refractivity contribution is 6.17. The largest absolute Gasteiger partial charge is 0.367 e. The Hall–Kier alpha value is -15.2. The van der Waals surface area contributed by atoms with Crippen LogP contribution in [0.15, 0.2) is 419 Å². The Morgan fingerprint density at radius 2 is 0.487 bits per heavy atom. The molecule has 19 rings (SSSR count). The Bertz CT molecular complexity index is 6320. The lowest BCUT2D eigenvalue weighted by Gasteiger charge is -2.38. The maximum Gasteiger partial charge on any atom is 0.255 e. The Balaban J connectivity index is 0.929. The number of H-pyrrole nitrogens is 2. The predicted molar refractivity (Wildman–Crippen MR) is 493 cm³/mol. The van der Waals surface area contributed by atoms with Crippen molar-refractivity contribution in [2.24, 2.45) is 0 Å². The van der Waals surface area contributed by atoms with Gasteiger partial charge < -0.3 is 31.2 Å². The molecule has 0 radical (unpaired) electrons. The summed E-state index contributed by atoms with van der Waals surface area (Å²) in [5, 5.41) is 16.4. The maximum absolute atomic E-state index is 14.9. The van der Waals surface area contributed by atoms with Crippen LogP contribution in [0.4, 0.5) is 22.7 Å². The third kappa shape index (κ3) is 13.9. The van der Waals surface area contributed by atoms with Crippen LogP contribution >= 0.6 is 11.6 Å². The summed E-state index contributed by atoms with van der Waals surface area (Å²) in [5.74, 6) is -0.0260. The number of anilines is 4. The molecular weight excluding hydrogens is 1470 g/mol. The summed E-state index contributed by atoms with van der Waals surface area (Å²) < 4.78 is 0. The quantitative estimate of drug-likeness (QED) is 0.0297. The molecule has 0 unspecified atom stereocenters. The van der Waals surface area contributed by atoms with Crippen molar-refractivity contribution in [1.29, 1.82) is 0 Å². The zero-order chi connectivity index (χ0) is 80.0. The van der Waals surface area contributed by atoms with Crippen LogP contribution < -0.4 is 21.3 Å². The number of nitrogens with zero attached hydrogens (tertiary/aromatic N) is 2. The molecule has 8 bridgehead atoms. The van der Waals surface area contributed by atoms with Gasteiger partial charge in [0.05, 0.1) is 22.8 Å². The molecule has 0 saturated carbocycles. The molecule has 0 atom stereocenters. The molecular formula is C109H81ClN8O. The molecule has 0 saturated heterocycles. The third-order valence-electron chi connectivity index (χ3n) is 23.0. The van der Waals surface area contributed by atoms with Gasteiger partial charge in [0, 0.05) is 101 Å². The Kier molecular flexibility index (Phi) is 20.3. The van der Waals surface area contributed by atoms with Crippen molar-refractivity contribution >= 4 is 86.6 Å². The van der Waals surface area contributed by atoms with E-state index in [4.69, 9.17) is 21.6 Å². The molecule has 2 aliphatic heterocycles. The van der Waals surface area contributed by atoms with E-state index in [-0.39, 0.29) is 11.8 Å². The third-order valence-corrected chi connectivity index (χ3v) is 23.3. The van der Waals surface area contributed by atoms with Crippen molar-refractivity contribution < 1.29 is 4.79 Å². The van der Waals surface area contributed by atoms with Crippen LogP contribution in [0.25, 0.3) is 90.9 Å².